The summed E-state index contributed by atoms with van der Waals surface area (Å²) >= 11 is 0. The van der Waals surface area contributed by atoms with Crippen molar-refractivity contribution < 1.29 is 22.8 Å². The molecule has 1 aromatic carbocycles. The fraction of sp³-hybridized carbons (Fsp3) is 0.133. The average molecular weight is 347 g/mol. The number of nitrogens with two attached hydrogens (primary N) is 1. The maximum absolute atomic E-state index is 12.1. The number of amides is 2. The van der Waals surface area contributed by atoms with Crippen molar-refractivity contribution in [1.82, 2.24) is 10.0 Å². The van der Waals surface area contributed by atoms with E-state index in [2.05, 4.69) is 4.98 Å². The second kappa shape index (κ2) is 6.11. The lowest BCUT2D eigenvalue weighted by Crippen LogP contribution is -2.30. The highest BCUT2D eigenvalue weighted by atomic mass is 32.2. The summed E-state index contributed by atoms with van der Waals surface area (Å²) in [5.41, 5.74) is 1.05. The van der Waals surface area contributed by atoms with Crippen molar-refractivity contribution in [2.24, 2.45) is 5.14 Å². The molecule has 124 valence electrons. The lowest BCUT2D eigenvalue weighted by atomic mass is 10.2. The molecule has 0 aliphatic carbocycles. The third kappa shape index (κ3) is 3.04. The molecule has 0 atom stereocenters. The number of sulfonamides is 1. The Morgan fingerprint density at radius 3 is 2.42 bits per heavy atom. The van der Waals surface area contributed by atoms with E-state index in [-0.39, 0.29) is 22.8 Å². The topological polar surface area (TPSA) is 120 Å². The number of fused-ring (bicyclic) bond motifs is 1. The molecule has 0 fully saturated rings. The van der Waals surface area contributed by atoms with Crippen LogP contribution in [0.4, 0.5) is 0 Å². The fourth-order valence-corrected chi connectivity index (χ4v) is 2.78. The van der Waals surface area contributed by atoms with Gasteiger partial charge in [-0.1, -0.05) is 12.1 Å². The molecule has 1 aliphatic heterocycles. The number of carbonyl (C=O) groups is 2. The van der Waals surface area contributed by atoms with Crippen molar-refractivity contribution in [3.8, 4) is 0 Å². The Hall–Kier alpha value is -2.62. The van der Waals surface area contributed by atoms with E-state index in [0.29, 0.717) is 11.5 Å². The molecular weight excluding hydrogens is 334 g/mol. The van der Waals surface area contributed by atoms with Gasteiger partial charge < -0.3 is 0 Å². The lowest BCUT2D eigenvalue weighted by Gasteiger charge is -2.13. The molecule has 9 heteroatoms. The van der Waals surface area contributed by atoms with Gasteiger partial charge in [-0.3, -0.25) is 19.4 Å². The minimum Gasteiger partial charge on any atom is -0.266 e. The molecule has 0 radical (unpaired) electrons. The first-order valence-corrected chi connectivity index (χ1v) is 8.51. The Kier molecular flexibility index (Phi) is 4.14. The van der Waals surface area contributed by atoms with E-state index in [1.54, 1.807) is 18.2 Å². The van der Waals surface area contributed by atoms with Crippen LogP contribution in [0.5, 0.6) is 0 Å². The van der Waals surface area contributed by atoms with Gasteiger partial charge >= 0.3 is 5.91 Å². The molecule has 2 aromatic rings. The summed E-state index contributed by atoms with van der Waals surface area (Å²) < 4.78 is 22.4. The smallest absolute Gasteiger partial charge is 0.266 e. The van der Waals surface area contributed by atoms with Crippen molar-refractivity contribution >= 4 is 21.8 Å². The number of hydrogen-bond donors (Lipinski definition) is 1. The maximum atomic E-state index is 12.1. The first kappa shape index (κ1) is 16.2. The van der Waals surface area contributed by atoms with Crippen LogP contribution >= 0.6 is 0 Å². The number of hydroxylamine groups is 2. The molecule has 1 aromatic heterocycles. The van der Waals surface area contributed by atoms with Crippen LogP contribution in [0.15, 0.2) is 47.5 Å². The van der Waals surface area contributed by atoms with Crippen LogP contribution in [0.2, 0.25) is 0 Å². The predicted octanol–water partition coefficient (Wildman–Crippen LogP) is 0.499. The van der Waals surface area contributed by atoms with Crippen molar-refractivity contribution in [1.29, 1.82) is 0 Å². The zero-order valence-electron chi connectivity index (χ0n) is 12.4. The number of imide groups is 1. The standard InChI is InChI=1S/C15H13N3O5S/c16-24(21,22)11-5-3-10(4-6-11)7-9-23-18-14(19)12-2-1-8-17-13(12)15(18)20/h1-6,8H,7,9H2,(H2,16,21,22). The number of hydrogen-bond acceptors (Lipinski definition) is 6. The largest absolute Gasteiger partial charge is 0.304 e. The van der Waals surface area contributed by atoms with Gasteiger partial charge in [-0.25, -0.2) is 13.6 Å². The molecule has 2 heterocycles. The second-order valence-electron chi connectivity index (χ2n) is 5.08. The summed E-state index contributed by atoms with van der Waals surface area (Å²) in [5, 5.41) is 5.71. The van der Waals surface area contributed by atoms with Gasteiger partial charge in [0.15, 0.2) is 0 Å². The van der Waals surface area contributed by atoms with E-state index in [1.807, 2.05) is 0 Å². The molecule has 3 rings (SSSR count). The van der Waals surface area contributed by atoms with Crippen LogP contribution in [0.1, 0.15) is 26.4 Å². The quantitative estimate of drug-likeness (QED) is 0.787. The molecule has 2 amide bonds. The van der Waals surface area contributed by atoms with Gasteiger partial charge in [-0.05, 0) is 36.2 Å². The normalized spacial score (nSPS) is 14.1. The highest BCUT2D eigenvalue weighted by molar-refractivity contribution is 7.89. The van der Waals surface area contributed by atoms with Gasteiger partial charge in [0.1, 0.15) is 5.69 Å². The predicted molar refractivity (Wildman–Crippen MR) is 82.2 cm³/mol. The van der Waals surface area contributed by atoms with Gasteiger partial charge in [0.05, 0.1) is 17.1 Å². The molecule has 0 saturated heterocycles. The third-order valence-electron chi connectivity index (χ3n) is 3.47. The SMILES string of the molecule is NS(=O)(=O)c1ccc(CCON2C(=O)c3cccnc3C2=O)cc1. The Balaban J connectivity index is 1.62. The molecule has 0 spiro atoms. The Labute approximate surface area is 137 Å². The highest BCUT2D eigenvalue weighted by Crippen LogP contribution is 2.20. The van der Waals surface area contributed by atoms with E-state index in [9.17, 15) is 18.0 Å². The molecular formula is C15H13N3O5S. The number of primary sulfonamides is 1. The van der Waals surface area contributed by atoms with Crippen LogP contribution in [-0.4, -0.2) is 36.9 Å². The molecule has 24 heavy (non-hydrogen) atoms. The van der Waals surface area contributed by atoms with Gasteiger partial charge in [0.25, 0.3) is 5.91 Å². The Bertz CT molecular complexity index is 874. The minimum atomic E-state index is -3.73. The van der Waals surface area contributed by atoms with E-state index in [0.717, 1.165) is 5.56 Å². The number of nitrogens with zero attached hydrogens (tertiary/aromatic N) is 2. The summed E-state index contributed by atoms with van der Waals surface area (Å²) in [5.74, 6) is -1.15. The molecule has 8 nitrogen and oxygen atoms in total. The summed E-state index contributed by atoms with van der Waals surface area (Å²) in [6.45, 7) is 0.0696. The monoisotopic (exact) mass is 347 g/mol. The zero-order chi connectivity index (χ0) is 17.3. The zero-order valence-corrected chi connectivity index (χ0v) is 13.2. The van der Waals surface area contributed by atoms with Crippen molar-refractivity contribution in [2.75, 3.05) is 6.61 Å². The van der Waals surface area contributed by atoms with Crippen LogP contribution in [0, 0.1) is 0 Å². The number of rotatable bonds is 5. The lowest BCUT2D eigenvalue weighted by molar-refractivity contribution is -0.0903. The van der Waals surface area contributed by atoms with Crippen LogP contribution in [0.25, 0.3) is 0 Å². The molecule has 2 N–H and O–H groups in total. The van der Waals surface area contributed by atoms with E-state index >= 15 is 0 Å². The number of pyridine rings is 1. The van der Waals surface area contributed by atoms with Crippen LogP contribution in [-0.2, 0) is 21.3 Å². The summed E-state index contributed by atoms with van der Waals surface area (Å²) in [6.07, 6.45) is 1.81. The van der Waals surface area contributed by atoms with Crippen molar-refractivity contribution in [3.05, 3.63) is 59.4 Å². The molecule has 0 unspecified atom stereocenters. The third-order valence-corrected chi connectivity index (χ3v) is 4.40. The van der Waals surface area contributed by atoms with E-state index < -0.39 is 21.8 Å². The first-order chi connectivity index (χ1) is 11.4. The van der Waals surface area contributed by atoms with Gasteiger partial charge in [-0.2, -0.15) is 0 Å². The highest BCUT2D eigenvalue weighted by Gasteiger charge is 2.37. The summed E-state index contributed by atoms with van der Waals surface area (Å²) in [7, 11) is -3.73. The first-order valence-electron chi connectivity index (χ1n) is 6.96. The maximum Gasteiger partial charge on any atom is 0.304 e. The Morgan fingerprint density at radius 1 is 1.08 bits per heavy atom. The number of benzene rings is 1. The van der Waals surface area contributed by atoms with Crippen LogP contribution < -0.4 is 5.14 Å². The van der Waals surface area contributed by atoms with Crippen molar-refractivity contribution in [3.63, 3.8) is 0 Å². The summed E-state index contributed by atoms with van der Waals surface area (Å²) in [6, 6.07) is 9.03. The van der Waals surface area contributed by atoms with Gasteiger partial charge in [0, 0.05) is 6.20 Å². The van der Waals surface area contributed by atoms with Crippen molar-refractivity contribution in [2.45, 2.75) is 11.3 Å². The molecule has 0 saturated carbocycles. The summed E-state index contributed by atoms with van der Waals surface area (Å²) in [4.78, 5) is 33.3. The van der Waals surface area contributed by atoms with E-state index in [1.165, 1.54) is 24.4 Å². The van der Waals surface area contributed by atoms with Crippen LogP contribution in [0.3, 0.4) is 0 Å². The second-order valence-corrected chi connectivity index (χ2v) is 6.64. The van der Waals surface area contributed by atoms with Gasteiger partial charge in [0.2, 0.25) is 10.0 Å². The minimum absolute atomic E-state index is 0.0126. The van der Waals surface area contributed by atoms with E-state index in [4.69, 9.17) is 9.98 Å². The number of aromatic nitrogens is 1. The average Bonchev–Trinajstić information content (AvgIpc) is 2.80. The van der Waals surface area contributed by atoms with Gasteiger partial charge in [-0.15, -0.1) is 5.06 Å². The Morgan fingerprint density at radius 2 is 1.79 bits per heavy atom. The number of carbonyl (C=O) groups excluding carboxylic acids is 2. The molecule has 1 aliphatic rings. The fourth-order valence-electron chi connectivity index (χ4n) is 2.26. The molecule has 0 bridgehead atoms.